The second-order valence-corrected chi connectivity index (χ2v) is 9.05. The number of carbonyl (C=O) groups excluding carboxylic acids is 2. The molecule has 0 bridgehead atoms. The maximum Gasteiger partial charge on any atom is 0.416 e. The summed E-state index contributed by atoms with van der Waals surface area (Å²) in [5.74, 6) is -1.43. The minimum atomic E-state index is -5.04. The van der Waals surface area contributed by atoms with Crippen molar-refractivity contribution in [1.82, 2.24) is 10.6 Å². The highest BCUT2D eigenvalue weighted by Gasteiger charge is 2.42. The lowest BCUT2D eigenvalue weighted by Crippen LogP contribution is -2.38. The number of ether oxygens (including phenoxy) is 1. The number of hydrogen-bond donors (Lipinski definition) is 2. The quantitative estimate of drug-likeness (QED) is 0.284. The van der Waals surface area contributed by atoms with Gasteiger partial charge in [-0.3, -0.25) is 9.59 Å². The van der Waals surface area contributed by atoms with Crippen LogP contribution in [0.5, 0.6) is 0 Å². The van der Waals surface area contributed by atoms with Gasteiger partial charge >= 0.3 is 12.4 Å². The number of alkyl halides is 6. The molecule has 11 heteroatoms. The fourth-order valence-corrected chi connectivity index (χ4v) is 4.38. The highest BCUT2D eigenvalue weighted by Crippen LogP contribution is 2.36. The van der Waals surface area contributed by atoms with Crippen molar-refractivity contribution in [3.8, 4) is 0 Å². The van der Waals surface area contributed by atoms with E-state index in [9.17, 15) is 35.9 Å². The maximum atomic E-state index is 13.7. The standard InChI is InChI=1S/C28H24F6N2O3/c29-27(30,31)19-5-3-4-18(16-19)25(28(32,33)34)36-24(37)11-9-17-8-10-23(22-7-2-1-6-21(17)22)26(38)35-20-12-14-39-15-13-20/h1-11,16,20,25H,12-15H2,(H,35,38)(H,36,37)/b11-9+. The number of carbonyl (C=O) groups is 2. The minimum Gasteiger partial charge on any atom is -0.381 e. The van der Waals surface area contributed by atoms with Gasteiger partial charge in [0.1, 0.15) is 0 Å². The number of amides is 2. The molecule has 0 saturated carbocycles. The Balaban J connectivity index is 1.55. The fraction of sp³-hybridized carbons (Fsp3) is 0.286. The normalized spacial score (nSPS) is 15.8. The van der Waals surface area contributed by atoms with E-state index in [2.05, 4.69) is 5.32 Å². The van der Waals surface area contributed by atoms with Crippen LogP contribution in [0.3, 0.4) is 0 Å². The summed E-state index contributed by atoms with van der Waals surface area (Å²) in [4.78, 5) is 25.4. The van der Waals surface area contributed by atoms with E-state index in [0.29, 0.717) is 60.1 Å². The first kappa shape index (κ1) is 28.2. The summed E-state index contributed by atoms with van der Waals surface area (Å²) in [6.45, 7) is 1.11. The summed E-state index contributed by atoms with van der Waals surface area (Å²) in [5.41, 5.74) is -1.14. The number of hydrogen-bond acceptors (Lipinski definition) is 3. The van der Waals surface area contributed by atoms with Crippen molar-refractivity contribution in [1.29, 1.82) is 0 Å². The molecule has 4 rings (SSSR count). The van der Waals surface area contributed by atoms with Crippen LogP contribution in [0.1, 0.15) is 45.9 Å². The third kappa shape index (κ3) is 6.97. The Hall–Kier alpha value is -3.86. The monoisotopic (exact) mass is 550 g/mol. The largest absolute Gasteiger partial charge is 0.416 e. The van der Waals surface area contributed by atoms with Crippen LogP contribution in [0.25, 0.3) is 16.8 Å². The van der Waals surface area contributed by atoms with Crippen LogP contribution in [-0.4, -0.2) is 37.2 Å². The van der Waals surface area contributed by atoms with Gasteiger partial charge in [0.2, 0.25) is 5.91 Å². The molecule has 0 aromatic heterocycles. The number of fused-ring (bicyclic) bond motifs is 1. The van der Waals surface area contributed by atoms with Crippen LogP contribution in [0.4, 0.5) is 26.3 Å². The van der Waals surface area contributed by atoms with E-state index in [1.807, 2.05) is 0 Å². The third-order valence-electron chi connectivity index (χ3n) is 6.33. The molecule has 5 nitrogen and oxygen atoms in total. The number of rotatable bonds is 6. The summed E-state index contributed by atoms with van der Waals surface area (Å²) in [6.07, 6.45) is -6.34. The van der Waals surface area contributed by atoms with Gasteiger partial charge in [-0.1, -0.05) is 42.5 Å². The highest BCUT2D eigenvalue weighted by atomic mass is 19.4. The van der Waals surface area contributed by atoms with E-state index < -0.39 is 35.4 Å². The van der Waals surface area contributed by atoms with Crippen LogP contribution in [0, 0.1) is 0 Å². The summed E-state index contributed by atoms with van der Waals surface area (Å²) < 4.78 is 85.4. The van der Waals surface area contributed by atoms with E-state index in [4.69, 9.17) is 4.74 Å². The Morgan fingerprint density at radius 2 is 1.59 bits per heavy atom. The van der Waals surface area contributed by atoms with Gasteiger partial charge in [0.05, 0.1) is 5.56 Å². The zero-order valence-corrected chi connectivity index (χ0v) is 20.4. The molecule has 1 atom stereocenters. The molecule has 3 aromatic rings. The van der Waals surface area contributed by atoms with Crippen LogP contribution in [0.2, 0.25) is 0 Å². The molecule has 1 aliphatic rings. The van der Waals surface area contributed by atoms with Crippen LogP contribution in [-0.2, 0) is 15.7 Å². The topological polar surface area (TPSA) is 67.4 Å². The van der Waals surface area contributed by atoms with Crippen molar-refractivity contribution >= 4 is 28.7 Å². The molecule has 1 fully saturated rings. The fourth-order valence-electron chi connectivity index (χ4n) is 4.38. The van der Waals surface area contributed by atoms with Crippen LogP contribution in [0.15, 0.2) is 66.7 Å². The molecule has 206 valence electrons. The Bertz CT molecular complexity index is 1380. The Labute approximate surface area is 219 Å². The van der Waals surface area contributed by atoms with Gasteiger partial charge in [-0.15, -0.1) is 0 Å². The first-order valence-electron chi connectivity index (χ1n) is 12.1. The molecule has 39 heavy (non-hydrogen) atoms. The molecule has 2 N–H and O–H groups in total. The van der Waals surface area contributed by atoms with Crippen molar-refractivity contribution < 1.29 is 40.7 Å². The van der Waals surface area contributed by atoms with Gasteiger partial charge in [0, 0.05) is 30.9 Å². The predicted octanol–water partition coefficient (Wildman–Crippen LogP) is 6.20. The molecule has 1 heterocycles. The average molecular weight is 550 g/mol. The molecule has 0 aliphatic carbocycles. The molecular formula is C28H24F6N2O3. The maximum absolute atomic E-state index is 13.7. The van der Waals surface area contributed by atoms with Crippen molar-refractivity contribution in [3.05, 3.63) is 89.0 Å². The second kappa shape index (κ2) is 11.5. The molecule has 1 aliphatic heterocycles. The van der Waals surface area contributed by atoms with Crippen LogP contribution >= 0.6 is 0 Å². The van der Waals surface area contributed by atoms with E-state index in [1.54, 1.807) is 41.7 Å². The molecule has 0 radical (unpaired) electrons. The molecule has 2 amide bonds. The van der Waals surface area contributed by atoms with Gasteiger partial charge in [-0.2, -0.15) is 26.3 Å². The summed E-state index contributed by atoms with van der Waals surface area (Å²) >= 11 is 0. The van der Waals surface area contributed by atoms with Gasteiger partial charge < -0.3 is 15.4 Å². The summed E-state index contributed by atoms with van der Waals surface area (Å²) in [5, 5.41) is 5.91. The zero-order valence-electron chi connectivity index (χ0n) is 20.4. The first-order chi connectivity index (χ1) is 18.4. The van der Waals surface area contributed by atoms with Crippen molar-refractivity contribution in [2.75, 3.05) is 13.2 Å². The lowest BCUT2D eigenvalue weighted by molar-refractivity contribution is -0.162. The minimum absolute atomic E-state index is 0.0216. The molecule has 0 spiro atoms. The Morgan fingerprint density at radius 1 is 0.897 bits per heavy atom. The Morgan fingerprint density at radius 3 is 2.26 bits per heavy atom. The van der Waals surface area contributed by atoms with E-state index in [-0.39, 0.29) is 11.9 Å². The highest BCUT2D eigenvalue weighted by molar-refractivity contribution is 6.09. The van der Waals surface area contributed by atoms with Crippen molar-refractivity contribution in [3.63, 3.8) is 0 Å². The SMILES string of the molecule is O=C(/C=C/c1ccc(C(=O)NC2CCOCC2)c2ccccc12)NC(c1cccc(C(F)(F)F)c1)C(F)(F)F. The molecule has 1 saturated heterocycles. The van der Waals surface area contributed by atoms with Gasteiger partial charge in [0.15, 0.2) is 6.04 Å². The molecular weight excluding hydrogens is 526 g/mol. The van der Waals surface area contributed by atoms with Gasteiger partial charge in [-0.05, 0) is 59.0 Å². The average Bonchev–Trinajstić information content (AvgIpc) is 2.89. The smallest absolute Gasteiger partial charge is 0.381 e. The lowest BCUT2D eigenvalue weighted by Gasteiger charge is -2.23. The van der Waals surface area contributed by atoms with E-state index in [0.717, 1.165) is 18.2 Å². The number of halogens is 6. The first-order valence-corrected chi connectivity index (χ1v) is 12.1. The Kier molecular flexibility index (Phi) is 8.29. The van der Waals surface area contributed by atoms with E-state index in [1.165, 1.54) is 6.08 Å². The number of nitrogens with one attached hydrogen (secondary N) is 2. The predicted molar refractivity (Wildman–Crippen MR) is 133 cm³/mol. The molecule has 3 aromatic carbocycles. The second-order valence-electron chi connectivity index (χ2n) is 9.05. The van der Waals surface area contributed by atoms with Crippen molar-refractivity contribution in [2.24, 2.45) is 0 Å². The van der Waals surface area contributed by atoms with E-state index >= 15 is 0 Å². The van der Waals surface area contributed by atoms with Crippen LogP contribution < -0.4 is 10.6 Å². The molecule has 1 unspecified atom stereocenters. The van der Waals surface area contributed by atoms with Crippen molar-refractivity contribution in [2.45, 2.75) is 37.3 Å². The third-order valence-corrected chi connectivity index (χ3v) is 6.33. The zero-order chi connectivity index (χ0) is 28.2. The lowest BCUT2D eigenvalue weighted by atomic mass is 9.98. The summed E-state index contributed by atoms with van der Waals surface area (Å²) in [7, 11) is 0. The summed E-state index contributed by atoms with van der Waals surface area (Å²) in [6, 6.07) is 10.1. The van der Waals surface area contributed by atoms with Gasteiger partial charge in [0.25, 0.3) is 5.91 Å². The number of benzene rings is 3. The van der Waals surface area contributed by atoms with Gasteiger partial charge in [-0.25, -0.2) is 0 Å².